The molecule has 0 fully saturated rings. The van der Waals surface area contributed by atoms with Crippen molar-refractivity contribution in [3.8, 4) is 11.3 Å². The zero-order valence-corrected chi connectivity index (χ0v) is 15.2. The Morgan fingerprint density at radius 2 is 2.04 bits per heavy atom. The van der Waals surface area contributed by atoms with Crippen LogP contribution in [0, 0.1) is 0 Å². The first-order valence-electron chi connectivity index (χ1n) is 8.05. The smallest absolute Gasteiger partial charge is 0.250 e. The quantitative estimate of drug-likeness (QED) is 0.696. The number of rotatable bonds is 5. The fraction of sp³-hybridized carbons (Fsp3) is 0.211. The molecule has 128 valence electrons. The summed E-state index contributed by atoms with van der Waals surface area (Å²) in [6, 6.07) is 8.37. The molecule has 0 saturated heterocycles. The number of aromatic nitrogens is 3. The maximum atomic E-state index is 12.0. The van der Waals surface area contributed by atoms with Gasteiger partial charge in [-0.3, -0.25) is 14.8 Å². The molecule has 0 spiro atoms. The number of hydrogen-bond donors (Lipinski definition) is 1. The van der Waals surface area contributed by atoms with Crippen molar-refractivity contribution in [2.24, 2.45) is 7.05 Å². The van der Waals surface area contributed by atoms with Crippen molar-refractivity contribution in [2.45, 2.75) is 19.8 Å². The molecule has 0 aliphatic rings. The Hall–Kier alpha value is -2.73. The Morgan fingerprint density at radius 1 is 1.28 bits per heavy atom. The van der Waals surface area contributed by atoms with Crippen LogP contribution in [0.2, 0.25) is 0 Å². The molecule has 1 amide bonds. The number of anilines is 1. The van der Waals surface area contributed by atoms with E-state index in [1.165, 1.54) is 23.0 Å². The molecule has 3 rings (SSSR count). The van der Waals surface area contributed by atoms with Crippen LogP contribution in [0.4, 0.5) is 5.13 Å². The number of benzene rings is 1. The molecule has 2 heterocycles. The molecule has 0 atom stereocenters. The van der Waals surface area contributed by atoms with Gasteiger partial charge in [0.25, 0.3) is 0 Å². The lowest BCUT2D eigenvalue weighted by Crippen LogP contribution is -2.07. The van der Waals surface area contributed by atoms with E-state index in [0.717, 1.165) is 16.8 Å². The normalized spacial score (nSPS) is 11.4. The topological polar surface area (TPSA) is 59.8 Å². The number of hydrogen-bond acceptors (Lipinski definition) is 4. The number of nitrogens with one attached hydrogen (secondary N) is 1. The van der Waals surface area contributed by atoms with Gasteiger partial charge in [-0.1, -0.05) is 38.1 Å². The maximum Gasteiger partial charge on any atom is 0.250 e. The molecule has 3 aromatic rings. The number of nitrogens with zero attached hydrogens (tertiary/aromatic N) is 3. The highest BCUT2D eigenvalue weighted by molar-refractivity contribution is 7.14. The van der Waals surface area contributed by atoms with Gasteiger partial charge in [-0.15, -0.1) is 11.3 Å². The summed E-state index contributed by atoms with van der Waals surface area (Å²) in [6.07, 6.45) is 6.75. The van der Waals surface area contributed by atoms with Gasteiger partial charge < -0.3 is 0 Å². The minimum atomic E-state index is -0.208. The summed E-state index contributed by atoms with van der Waals surface area (Å²) in [6.45, 7) is 4.34. The molecule has 1 N–H and O–H groups in total. The van der Waals surface area contributed by atoms with Crippen molar-refractivity contribution < 1.29 is 4.79 Å². The highest BCUT2D eigenvalue weighted by atomic mass is 32.1. The molecular formula is C19H20N4OS. The van der Waals surface area contributed by atoms with Gasteiger partial charge in [0.1, 0.15) is 0 Å². The van der Waals surface area contributed by atoms with Crippen molar-refractivity contribution in [1.82, 2.24) is 14.8 Å². The molecule has 25 heavy (non-hydrogen) atoms. The largest absolute Gasteiger partial charge is 0.298 e. The van der Waals surface area contributed by atoms with Crippen molar-refractivity contribution in [3.05, 3.63) is 59.2 Å². The van der Waals surface area contributed by atoms with E-state index in [9.17, 15) is 4.79 Å². The minimum absolute atomic E-state index is 0.208. The summed E-state index contributed by atoms with van der Waals surface area (Å²) in [7, 11) is 1.84. The molecule has 0 bridgehead atoms. The van der Waals surface area contributed by atoms with Gasteiger partial charge in [0.2, 0.25) is 5.91 Å². The molecule has 0 aliphatic heterocycles. The zero-order valence-electron chi connectivity index (χ0n) is 14.4. The lowest BCUT2D eigenvalue weighted by Gasteiger charge is -2.05. The van der Waals surface area contributed by atoms with Gasteiger partial charge in [0.15, 0.2) is 5.13 Å². The number of carbonyl (C=O) groups is 1. The van der Waals surface area contributed by atoms with Gasteiger partial charge in [-0.05, 0) is 17.6 Å². The summed E-state index contributed by atoms with van der Waals surface area (Å²) in [5.74, 6) is 0.297. The predicted molar refractivity (Wildman–Crippen MR) is 103 cm³/mol. The second-order valence-electron chi connectivity index (χ2n) is 6.08. The van der Waals surface area contributed by atoms with Crippen LogP contribution >= 0.6 is 11.3 Å². The van der Waals surface area contributed by atoms with E-state index in [1.54, 1.807) is 17.0 Å². The third-order valence-corrected chi connectivity index (χ3v) is 4.52. The lowest BCUT2D eigenvalue weighted by atomic mass is 10.0. The van der Waals surface area contributed by atoms with Crippen LogP contribution in [0.5, 0.6) is 0 Å². The zero-order chi connectivity index (χ0) is 17.8. The monoisotopic (exact) mass is 352 g/mol. The van der Waals surface area contributed by atoms with Crippen LogP contribution in [0.1, 0.15) is 30.9 Å². The summed E-state index contributed by atoms with van der Waals surface area (Å²) in [5.41, 5.74) is 4.09. The standard InChI is InChI=1S/C19H20N4OS/c1-13(2)15-5-7-16(8-6-15)17-12-25-19(21-17)22-18(24)9-4-14-10-20-23(3)11-14/h4-13H,1-3H3,(H,21,22,24)/b9-4-. The molecule has 0 radical (unpaired) electrons. The van der Waals surface area contributed by atoms with E-state index in [1.807, 2.05) is 18.6 Å². The Labute approximate surface area is 151 Å². The van der Waals surface area contributed by atoms with Crippen LogP contribution in [0.15, 0.2) is 48.1 Å². The molecule has 2 aromatic heterocycles. The van der Waals surface area contributed by atoms with Crippen molar-refractivity contribution in [3.63, 3.8) is 0 Å². The fourth-order valence-corrected chi connectivity index (χ4v) is 3.07. The van der Waals surface area contributed by atoms with Crippen LogP contribution in [0.3, 0.4) is 0 Å². The average molecular weight is 352 g/mol. The minimum Gasteiger partial charge on any atom is -0.298 e. The predicted octanol–water partition coefficient (Wildman–Crippen LogP) is 4.32. The van der Waals surface area contributed by atoms with E-state index in [0.29, 0.717) is 11.0 Å². The molecule has 0 aliphatic carbocycles. The Kier molecular flexibility index (Phi) is 5.09. The first-order chi connectivity index (χ1) is 12.0. The Bertz CT molecular complexity index is 890. The van der Waals surface area contributed by atoms with Crippen LogP contribution in [-0.4, -0.2) is 20.7 Å². The van der Waals surface area contributed by atoms with E-state index in [2.05, 4.69) is 53.5 Å². The number of carbonyl (C=O) groups excluding carboxylic acids is 1. The van der Waals surface area contributed by atoms with Gasteiger partial charge >= 0.3 is 0 Å². The summed E-state index contributed by atoms with van der Waals surface area (Å²) in [5, 5.41) is 9.39. The second-order valence-corrected chi connectivity index (χ2v) is 6.94. The van der Waals surface area contributed by atoms with Gasteiger partial charge in [-0.2, -0.15) is 5.10 Å². The number of aryl methyl sites for hydroxylation is 1. The van der Waals surface area contributed by atoms with E-state index >= 15 is 0 Å². The summed E-state index contributed by atoms with van der Waals surface area (Å²) >= 11 is 1.42. The molecule has 0 saturated carbocycles. The third-order valence-electron chi connectivity index (χ3n) is 3.76. The molecule has 1 aromatic carbocycles. The average Bonchev–Trinajstić information content (AvgIpc) is 3.22. The van der Waals surface area contributed by atoms with Crippen molar-refractivity contribution in [2.75, 3.05) is 5.32 Å². The molecule has 0 unspecified atom stereocenters. The Balaban J connectivity index is 1.65. The molecular weight excluding hydrogens is 332 g/mol. The van der Waals surface area contributed by atoms with Crippen molar-refractivity contribution in [1.29, 1.82) is 0 Å². The number of amides is 1. The molecule has 6 heteroatoms. The first kappa shape index (κ1) is 17.1. The SMILES string of the molecule is CC(C)c1ccc(-c2csc(NC(=O)/C=C\c3cnn(C)c3)n2)cc1. The molecule has 5 nitrogen and oxygen atoms in total. The second kappa shape index (κ2) is 7.44. The third kappa shape index (κ3) is 4.42. The maximum absolute atomic E-state index is 12.0. The lowest BCUT2D eigenvalue weighted by molar-refractivity contribution is -0.111. The van der Waals surface area contributed by atoms with Gasteiger partial charge in [0, 0.05) is 35.8 Å². The van der Waals surface area contributed by atoms with Crippen LogP contribution in [-0.2, 0) is 11.8 Å². The Morgan fingerprint density at radius 3 is 2.68 bits per heavy atom. The highest BCUT2D eigenvalue weighted by Gasteiger charge is 2.07. The van der Waals surface area contributed by atoms with Gasteiger partial charge in [0.05, 0.1) is 11.9 Å². The van der Waals surface area contributed by atoms with E-state index in [4.69, 9.17) is 0 Å². The van der Waals surface area contributed by atoms with Crippen LogP contribution < -0.4 is 5.32 Å². The van der Waals surface area contributed by atoms with Gasteiger partial charge in [-0.25, -0.2) is 4.98 Å². The van der Waals surface area contributed by atoms with Crippen LogP contribution in [0.25, 0.3) is 17.3 Å². The first-order valence-corrected chi connectivity index (χ1v) is 8.93. The highest BCUT2D eigenvalue weighted by Crippen LogP contribution is 2.26. The number of thiazole rings is 1. The van der Waals surface area contributed by atoms with E-state index < -0.39 is 0 Å². The summed E-state index contributed by atoms with van der Waals surface area (Å²) < 4.78 is 1.69. The fourth-order valence-electron chi connectivity index (χ4n) is 2.35. The van der Waals surface area contributed by atoms with E-state index in [-0.39, 0.29) is 5.91 Å². The van der Waals surface area contributed by atoms with Crippen molar-refractivity contribution >= 4 is 28.5 Å². The summed E-state index contributed by atoms with van der Waals surface area (Å²) in [4.78, 5) is 16.5.